The van der Waals surface area contributed by atoms with E-state index in [1.165, 1.54) is 33.9 Å². The number of anilines is 1. The first-order valence-corrected chi connectivity index (χ1v) is 11.1. The summed E-state index contributed by atoms with van der Waals surface area (Å²) < 4.78 is 2.38. The molecule has 0 amide bonds. The van der Waals surface area contributed by atoms with E-state index < -0.39 is 0 Å². The number of benzene rings is 2. The molecule has 0 radical (unpaired) electrons. The molecule has 0 aromatic heterocycles. The molecule has 2 aromatic carbocycles. The Labute approximate surface area is 187 Å². The molecule has 2 aliphatic rings. The largest absolute Gasteiger partial charge is 0.340 e. The van der Waals surface area contributed by atoms with Crippen molar-refractivity contribution in [1.29, 1.82) is 0 Å². The minimum atomic E-state index is -0.0520. The van der Waals surface area contributed by atoms with Gasteiger partial charge in [0.25, 0.3) is 0 Å². The van der Waals surface area contributed by atoms with Crippen LogP contribution in [0.15, 0.2) is 97.8 Å². The lowest BCUT2D eigenvalue weighted by Crippen LogP contribution is -2.28. The second kappa shape index (κ2) is 7.85. The van der Waals surface area contributed by atoms with Gasteiger partial charge in [-0.05, 0) is 37.6 Å². The molecule has 4 rings (SSSR count). The molecule has 0 spiro atoms. The van der Waals surface area contributed by atoms with Crippen molar-refractivity contribution in [1.82, 2.24) is 0 Å². The number of rotatable bonds is 6. The first-order chi connectivity index (χ1) is 14.8. The maximum absolute atomic E-state index is 3.99. The summed E-state index contributed by atoms with van der Waals surface area (Å²) in [5.74, 6) is 0. The van der Waals surface area contributed by atoms with E-state index in [4.69, 9.17) is 0 Å². The number of hydrogen-bond acceptors (Lipinski definition) is 1. The minimum absolute atomic E-state index is 0.0520. The van der Waals surface area contributed by atoms with Gasteiger partial charge < -0.3 is 4.90 Å². The third-order valence-corrected chi connectivity index (χ3v) is 6.73. The zero-order chi connectivity index (χ0) is 22.2. The molecule has 0 atom stereocenters. The van der Waals surface area contributed by atoms with Gasteiger partial charge in [0.05, 0.1) is 5.41 Å². The van der Waals surface area contributed by atoms with Crippen LogP contribution in [0.1, 0.15) is 38.8 Å². The van der Waals surface area contributed by atoms with Crippen LogP contribution in [0.2, 0.25) is 0 Å². The number of nitrogens with zero attached hydrogens (tertiary/aromatic N) is 2. The van der Waals surface area contributed by atoms with Crippen molar-refractivity contribution in [3.63, 3.8) is 0 Å². The lowest BCUT2D eigenvalue weighted by Gasteiger charge is -2.26. The van der Waals surface area contributed by atoms with E-state index in [0.29, 0.717) is 0 Å². The van der Waals surface area contributed by atoms with E-state index in [-0.39, 0.29) is 10.8 Å². The number of fused-ring (bicyclic) bond motifs is 2. The van der Waals surface area contributed by atoms with Gasteiger partial charge in [-0.2, -0.15) is 4.58 Å². The van der Waals surface area contributed by atoms with Crippen LogP contribution in [0.5, 0.6) is 0 Å². The Morgan fingerprint density at radius 2 is 1.55 bits per heavy atom. The molecule has 2 heteroatoms. The van der Waals surface area contributed by atoms with Crippen molar-refractivity contribution in [3.05, 3.63) is 109 Å². The summed E-state index contributed by atoms with van der Waals surface area (Å²) in [4.78, 5) is 2.38. The fourth-order valence-electron chi connectivity index (χ4n) is 5.16. The summed E-state index contributed by atoms with van der Waals surface area (Å²) >= 11 is 0. The third kappa shape index (κ3) is 3.31. The van der Waals surface area contributed by atoms with Crippen molar-refractivity contribution < 1.29 is 4.58 Å². The van der Waals surface area contributed by atoms with E-state index in [1.807, 2.05) is 12.2 Å². The van der Waals surface area contributed by atoms with Gasteiger partial charge in [0.1, 0.15) is 0 Å². The fraction of sp³-hybridized carbons (Fsp3) is 0.276. The molecular formula is C29H33N2+. The average molecular weight is 410 g/mol. The van der Waals surface area contributed by atoms with E-state index in [9.17, 15) is 0 Å². The van der Waals surface area contributed by atoms with E-state index >= 15 is 0 Å². The van der Waals surface area contributed by atoms with Gasteiger partial charge in [0.15, 0.2) is 12.3 Å². The standard InChI is InChI=1S/C29H33N2/c1-7-20-30-24-16-11-9-14-22(24)28(3,4)26(30)18-13-19-27-29(5,6)23-15-10-12-17-25(23)31(27)21-8-2/h7-19H,1-2,20-21H2,3-6H3/q+1. The smallest absolute Gasteiger partial charge is 0.210 e. The molecule has 31 heavy (non-hydrogen) atoms. The lowest BCUT2D eigenvalue weighted by atomic mass is 9.81. The summed E-state index contributed by atoms with van der Waals surface area (Å²) in [6.07, 6.45) is 10.7. The van der Waals surface area contributed by atoms with Gasteiger partial charge in [-0.25, -0.2) is 0 Å². The highest BCUT2D eigenvalue weighted by Gasteiger charge is 2.44. The van der Waals surface area contributed by atoms with Gasteiger partial charge >= 0.3 is 0 Å². The average Bonchev–Trinajstić information content (AvgIpc) is 3.10. The molecule has 0 bridgehead atoms. The van der Waals surface area contributed by atoms with Crippen LogP contribution in [0.3, 0.4) is 0 Å². The van der Waals surface area contributed by atoms with Gasteiger partial charge in [-0.1, -0.05) is 69.0 Å². The summed E-state index contributed by atoms with van der Waals surface area (Å²) in [7, 11) is 0. The first kappa shape index (κ1) is 21.1. The zero-order valence-electron chi connectivity index (χ0n) is 19.2. The Balaban J connectivity index is 1.77. The predicted molar refractivity (Wildman–Crippen MR) is 134 cm³/mol. The highest BCUT2D eigenvalue weighted by molar-refractivity contribution is 6.03. The van der Waals surface area contributed by atoms with Gasteiger partial charge in [0, 0.05) is 41.1 Å². The second-order valence-electron chi connectivity index (χ2n) is 9.38. The molecule has 0 unspecified atom stereocenters. The SMILES string of the molecule is C=CCN1C(=CC=CC2=[N+](CC=C)c3ccccc3C2(C)C)C(C)(C)c2ccccc21. The van der Waals surface area contributed by atoms with Crippen LogP contribution in [-0.2, 0) is 10.8 Å². The Morgan fingerprint density at radius 1 is 0.871 bits per heavy atom. The molecule has 2 nitrogen and oxygen atoms in total. The Kier molecular flexibility index (Phi) is 5.35. The summed E-state index contributed by atoms with van der Waals surface area (Å²) in [5.41, 5.74) is 7.79. The summed E-state index contributed by atoms with van der Waals surface area (Å²) in [6.45, 7) is 18.8. The van der Waals surface area contributed by atoms with Crippen molar-refractivity contribution in [3.8, 4) is 0 Å². The quantitative estimate of drug-likeness (QED) is 0.381. The van der Waals surface area contributed by atoms with Crippen molar-refractivity contribution in [2.75, 3.05) is 18.0 Å². The van der Waals surface area contributed by atoms with Crippen molar-refractivity contribution >= 4 is 17.1 Å². The number of hydrogen-bond donors (Lipinski definition) is 0. The molecule has 158 valence electrons. The van der Waals surface area contributed by atoms with Crippen LogP contribution in [0.25, 0.3) is 0 Å². The lowest BCUT2D eigenvalue weighted by molar-refractivity contribution is -0.425. The molecule has 0 N–H and O–H groups in total. The topological polar surface area (TPSA) is 6.25 Å². The molecular weight excluding hydrogens is 376 g/mol. The Bertz CT molecular complexity index is 1120. The van der Waals surface area contributed by atoms with Gasteiger partial charge in [0.2, 0.25) is 5.69 Å². The van der Waals surface area contributed by atoms with Crippen LogP contribution < -0.4 is 4.90 Å². The maximum atomic E-state index is 3.99. The molecule has 0 saturated heterocycles. The van der Waals surface area contributed by atoms with E-state index in [0.717, 1.165) is 13.1 Å². The molecule has 2 aromatic rings. The van der Waals surface area contributed by atoms with Crippen molar-refractivity contribution in [2.45, 2.75) is 38.5 Å². The Morgan fingerprint density at radius 3 is 2.26 bits per heavy atom. The third-order valence-electron chi connectivity index (χ3n) is 6.73. The molecule has 2 heterocycles. The highest BCUT2D eigenvalue weighted by Crippen LogP contribution is 2.47. The van der Waals surface area contributed by atoms with E-state index in [1.54, 1.807) is 0 Å². The normalized spacial score (nSPS) is 19.7. The maximum Gasteiger partial charge on any atom is 0.210 e. The second-order valence-corrected chi connectivity index (χ2v) is 9.38. The zero-order valence-corrected chi connectivity index (χ0v) is 19.2. The number of allylic oxidation sites excluding steroid dienone is 4. The summed E-state index contributed by atoms with van der Waals surface area (Å²) in [5, 5.41) is 0. The molecule has 0 saturated carbocycles. The van der Waals surface area contributed by atoms with Crippen LogP contribution in [-0.4, -0.2) is 23.4 Å². The fourth-order valence-corrected chi connectivity index (χ4v) is 5.16. The Hall–Kier alpha value is -3.13. The molecule has 0 fully saturated rings. The van der Waals surface area contributed by atoms with Crippen LogP contribution in [0, 0.1) is 0 Å². The molecule has 0 aliphatic carbocycles. The van der Waals surface area contributed by atoms with Crippen molar-refractivity contribution in [2.24, 2.45) is 0 Å². The van der Waals surface area contributed by atoms with E-state index in [2.05, 4.69) is 117 Å². The predicted octanol–water partition coefficient (Wildman–Crippen LogP) is 6.67. The summed E-state index contributed by atoms with van der Waals surface area (Å²) in [6, 6.07) is 17.4. The van der Waals surface area contributed by atoms with Crippen LogP contribution in [0.4, 0.5) is 11.4 Å². The monoisotopic (exact) mass is 409 g/mol. The number of para-hydroxylation sites is 2. The minimum Gasteiger partial charge on any atom is -0.340 e. The van der Waals surface area contributed by atoms with Crippen LogP contribution >= 0.6 is 0 Å². The first-order valence-electron chi connectivity index (χ1n) is 11.1. The van der Waals surface area contributed by atoms with Gasteiger partial charge in [-0.3, -0.25) is 0 Å². The van der Waals surface area contributed by atoms with Gasteiger partial charge in [-0.15, -0.1) is 6.58 Å². The molecule has 2 aliphatic heterocycles. The highest BCUT2D eigenvalue weighted by atomic mass is 15.2.